The first-order valence-corrected chi connectivity index (χ1v) is 8.35. The molecule has 124 valence electrons. The first-order chi connectivity index (χ1) is 10.8. The van der Waals surface area contributed by atoms with Gasteiger partial charge in [-0.2, -0.15) is 0 Å². The quantitative estimate of drug-likeness (QED) is 0.885. The van der Waals surface area contributed by atoms with Gasteiger partial charge < -0.3 is 9.47 Å². The summed E-state index contributed by atoms with van der Waals surface area (Å²) in [5.41, 5.74) is 0.810. The lowest BCUT2D eigenvalue weighted by atomic mass is 10.2. The normalized spacial score (nSPS) is 11.2. The lowest BCUT2D eigenvalue weighted by Crippen LogP contribution is -2.15. The lowest BCUT2D eigenvalue weighted by molar-refractivity contribution is 0.350. The van der Waals surface area contributed by atoms with Gasteiger partial charge in [-0.15, -0.1) is 0 Å². The molecule has 0 amide bonds. The zero-order valence-electron chi connectivity index (χ0n) is 12.7. The van der Waals surface area contributed by atoms with Crippen LogP contribution < -0.4 is 14.2 Å². The zero-order chi connectivity index (χ0) is 17.2. The van der Waals surface area contributed by atoms with Gasteiger partial charge in [0.15, 0.2) is 11.5 Å². The Hall–Kier alpha value is -1.99. The highest BCUT2D eigenvalue weighted by Gasteiger charge is 2.23. The maximum Gasteiger partial charge on any atom is 0.264 e. The van der Waals surface area contributed by atoms with Gasteiger partial charge in [-0.05, 0) is 24.6 Å². The van der Waals surface area contributed by atoms with Crippen LogP contribution in [0, 0.1) is 12.7 Å². The monoisotopic (exact) mass is 359 g/mol. The molecule has 0 bridgehead atoms. The van der Waals surface area contributed by atoms with Gasteiger partial charge in [-0.1, -0.05) is 17.7 Å². The zero-order valence-corrected chi connectivity index (χ0v) is 14.3. The molecule has 0 aliphatic rings. The molecule has 0 heterocycles. The lowest BCUT2D eigenvalue weighted by Gasteiger charge is -2.14. The second-order valence-corrected chi connectivity index (χ2v) is 6.71. The molecular weight excluding hydrogens is 345 g/mol. The van der Waals surface area contributed by atoms with Crippen molar-refractivity contribution in [2.75, 3.05) is 18.9 Å². The Bertz CT molecular complexity index is 840. The number of halogens is 2. The highest BCUT2D eigenvalue weighted by molar-refractivity contribution is 7.92. The summed E-state index contributed by atoms with van der Waals surface area (Å²) in [7, 11) is -1.49. The SMILES string of the molecule is COc1cc(F)c(S(=O)(=O)Nc2cccc(Cl)c2C)cc1OC. The summed E-state index contributed by atoms with van der Waals surface area (Å²) in [6.45, 7) is 1.66. The van der Waals surface area contributed by atoms with Gasteiger partial charge in [0.2, 0.25) is 0 Å². The Kier molecular flexibility index (Phi) is 5.01. The van der Waals surface area contributed by atoms with E-state index in [4.69, 9.17) is 21.1 Å². The highest BCUT2D eigenvalue weighted by atomic mass is 35.5. The summed E-state index contributed by atoms with van der Waals surface area (Å²) in [5, 5.41) is 0.401. The molecule has 0 atom stereocenters. The number of hydrogen-bond acceptors (Lipinski definition) is 4. The molecule has 23 heavy (non-hydrogen) atoms. The van der Waals surface area contributed by atoms with Gasteiger partial charge in [0.05, 0.1) is 19.9 Å². The van der Waals surface area contributed by atoms with E-state index in [2.05, 4.69) is 4.72 Å². The van der Waals surface area contributed by atoms with Gasteiger partial charge in [-0.3, -0.25) is 4.72 Å². The fraction of sp³-hybridized carbons (Fsp3) is 0.200. The molecule has 2 aromatic carbocycles. The third kappa shape index (κ3) is 3.51. The van der Waals surface area contributed by atoms with Crippen molar-refractivity contribution in [3.05, 3.63) is 46.7 Å². The molecule has 0 spiro atoms. The fourth-order valence-electron chi connectivity index (χ4n) is 1.96. The summed E-state index contributed by atoms with van der Waals surface area (Å²) >= 11 is 5.96. The van der Waals surface area contributed by atoms with Crippen molar-refractivity contribution >= 4 is 27.3 Å². The van der Waals surface area contributed by atoms with Crippen LogP contribution in [0.2, 0.25) is 5.02 Å². The van der Waals surface area contributed by atoms with E-state index in [1.165, 1.54) is 20.3 Å². The molecule has 0 fully saturated rings. The molecule has 1 N–H and O–H groups in total. The predicted octanol–water partition coefficient (Wildman–Crippen LogP) is 3.61. The van der Waals surface area contributed by atoms with E-state index in [0.717, 1.165) is 12.1 Å². The Morgan fingerprint density at radius 1 is 1.13 bits per heavy atom. The van der Waals surface area contributed by atoms with Crippen molar-refractivity contribution in [3.63, 3.8) is 0 Å². The first-order valence-electron chi connectivity index (χ1n) is 6.49. The molecule has 2 rings (SSSR count). The van der Waals surface area contributed by atoms with Crippen molar-refractivity contribution < 1.29 is 22.3 Å². The van der Waals surface area contributed by atoms with E-state index in [0.29, 0.717) is 10.6 Å². The van der Waals surface area contributed by atoms with Crippen LogP contribution in [0.15, 0.2) is 35.2 Å². The van der Waals surface area contributed by atoms with E-state index in [9.17, 15) is 12.8 Å². The number of rotatable bonds is 5. The minimum Gasteiger partial charge on any atom is -0.493 e. The molecule has 2 aromatic rings. The van der Waals surface area contributed by atoms with Crippen LogP contribution >= 0.6 is 11.6 Å². The summed E-state index contributed by atoms with van der Waals surface area (Å²) in [4.78, 5) is -0.547. The number of benzene rings is 2. The molecule has 0 unspecified atom stereocenters. The summed E-state index contributed by atoms with van der Waals surface area (Å²) < 4.78 is 51.4. The van der Waals surface area contributed by atoms with Crippen molar-refractivity contribution in [1.82, 2.24) is 0 Å². The molecular formula is C15H15ClFNO4S. The summed E-state index contributed by atoms with van der Waals surface area (Å²) in [5.74, 6) is -0.741. The van der Waals surface area contributed by atoms with Crippen molar-refractivity contribution in [2.24, 2.45) is 0 Å². The molecule has 0 saturated heterocycles. The van der Waals surface area contributed by atoms with Crippen LogP contribution in [0.25, 0.3) is 0 Å². The standard InChI is InChI=1S/C15H15ClFNO4S/c1-9-10(16)5-4-6-12(9)18-23(19,20)15-8-14(22-3)13(21-2)7-11(15)17/h4-8,18H,1-3H3. The van der Waals surface area contributed by atoms with E-state index in [1.807, 2.05) is 0 Å². The van der Waals surface area contributed by atoms with Crippen LogP contribution in [0.3, 0.4) is 0 Å². The molecule has 0 radical (unpaired) electrons. The third-order valence-corrected chi connectivity index (χ3v) is 5.03. The van der Waals surface area contributed by atoms with Gasteiger partial charge in [0.25, 0.3) is 10.0 Å². The van der Waals surface area contributed by atoms with Crippen LogP contribution in [0.4, 0.5) is 10.1 Å². The molecule has 0 aliphatic carbocycles. The Balaban J connectivity index is 2.50. The second-order valence-electron chi connectivity index (χ2n) is 4.66. The molecule has 0 aromatic heterocycles. The number of methoxy groups -OCH3 is 2. The second kappa shape index (κ2) is 6.64. The Labute approximate surface area is 139 Å². The van der Waals surface area contributed by atoms with Gasteiger partial charge in [0, 0.05) is 17.2 Å². The van der Waals surface area contributed by atoms with E-state index < -0.39 is 20.7 Å². The maximum atomic E-state index is 14.2. The Morgan fingerprint density at radius 3 is 2.35 bits per heavy atom. The van der Waals surface area contributed by atoms with Gasteiger partial charge in [-0.25, -0.2) is 12.8 Å². The Morgan fingerprint density at radius 2 is 1.74 bits per heavy atom. The van der Waals surface area contributed by atoms with Gasteiger partial charge in [0.1, 0.15) is 10.7 Å². The van der Waals surface area contributed by atoms with Crippen LogP contribution in [0.1, 0.15) is 5.56 Å². The van der Waals surface area contributed by atoms with Crippen LogP contribution in [-0.4, -0.2) is 22.6 Å². The first kappa shape index (κ1) is 17.4. The molecule has 0 aliphatic heterocycles. The highest BCUT2D eigenvalue weighted by Crippen LogP contribution is 2.33. The van der Waals surface area contributed by atoms with Gasteiger partial charge >= 0.3 is 0 Å². The largest absolute Gasteiger partial charge is 0.493 e. The maximum absolute atomic E-state index is 14.2. The van der Waals surface area contributed by atoms with Crippen molar-refractivity contribution in [1.29, 1.82) is 0 Å². The van der Waals surface area contributed by atoms with E-state index >= 15 is 0 Å². The molecule has 0 saturated carbocycles. The average molecular weight is 360 g/mol. The number of sulfonamides is 1. The number of anilines is 1. The summed E-state index contributed by atoms with van der Waals surface area (Å²) in [6.07, 6.45) is 0. The minimum absolute atomic E-state index is 0.0999. The average Bonchev–Trinajstić information content (AvgIpc) is 2.51. The van der Waals surface area contributed by atoms with Crippen LogP contribution in [-0.2, 0) is 10.0 Å². The van der Waals surface area contributed by atoms with Crippen molar-refractivity contribution in [3.8, 4) is 11.5 Å². The molecule has 5 nitrogen and oxygen atoms in total. The number of nitrogens with one attached hydrogen (secondary N) is 1. The fourth-order valence-corrected chi connectivity index (χ4v) is 3.33. The molecule has 8 heteroatoms. The number of hydrogen-bond donors (Lipinski definition) is 1. The predicted molar refractivity (Wildman–Crippen MR) is 86.5 cm³/mol. The summed E-state index contributed by atoms with van der Waals surface area (Å²) in [6, 6.07) is 6.79. The third-order valence-electron chi connectivity index (χ3n) is 3.24. The van der Waals surface area contributed by atoms with Crippen molar-refractivity contribution in [2.45, 2.75) is 11.8 Å². The van der Waals surface area contributed by atoms with E-state index in [-0.39, 0.29) is 17.2 Å². The van der Waals surface area contributed by atoms with E-state index in [1.54, 1.807) is 19.1 Å². The minimum atomic E-state index is -4.16. The van der Waals surface area contributed by atoms with Crippen LogP contribution in [0.5, 0.6) is 11.5 Å². The smallest absolute Gasteiger partial charge is 0.264 e. The topological polar surface area (TPSA) is 64.6 Å². The number of ether oxygens (including phenoxy) is 2.